The van der Waals surface area contributed by atoms with E-state index in [2.05, 4.69) is 5.92 Å². The molecule has 0 amide bonds. The Bertz CT molecular complexity index is 652. The summed E-state index contributed by atoms with van der Waals surface area (Å²) in [7, 11) is 0. The number of hydrogen-bond donors (Lipinski definition) is 2. The van der Waals surface area contributed by atoms with E-state index in [1.807, 2.05) is 54.5 Å². The highest BCUT2D eigenvalue weighted by Crippen LogP contribution is 2.01. The van der Waals surface area contributed by atoms with Gasteiger partial charge in [-0.2, -0.15) is 0 Å². The van der Waals surface area contributed by atoms with E-state index in [1.54, 1.807) is 12.1 Å². The van der Waals surface area contributed by atoms with E-state index in [1.165, 1.54) is 0 Å². The van der Waals surface area contributed by atoms with Crippen LogP contribution >= 0.6 is 0 Å². The van der Waals surface area contributed by atoms with E-state index < -0.39 is 11.9 Å². The number of carboxylic acid groups (broad SMARTS) is 2. The van der Waals surface area contributed by atoms with Gasteiger partial charge in [-0.3, -0.25) is 4.79 Å². The van der Waals surface area contributed by atoms with Crippen LogP contribution in [-0.4, -0.2) is 22.2 Å². The molecule has 0 radical (unpaired) electrons. The molecule has 0 unspecified atom stereocenters. The van der Waals surface area contributed by atoms with Crippen molar-refractivity contribution in [3.63, 3.8) is 0 Å². The number of carboxylic acids is 2. The van der Waals surface area contributed by atoms with Gasteiger partial charge in [-0.15, -0.1) is 0 Å². The van der Waals surface area contributed by atoms with E-state index in [0.717, 1.165) is 11.1 Å². The first-order valence-corrected chi connectivity index (χ1v) is 6.63. The topological polar surface area (TPSA) is 74.6 Å². The van der Waals surface area contributed by atoms with Crippen molar-refractivity contribution in [2.45, 2.75) is 12.8 Å². The summed E-state index contributed by atoms with van der Waals surface area (Å²) < 4.78 is 0. The molecule has 4 nitrogen and oxygen atoms in total. The van der Waals surface area contributed by atoms with Gasteiger partial charge in [0.2, 0.25) is 0 Å². The molecule has 0 aliphatic carbocycles. The third-order valence-electron chi connectivity index (χ3n) is 2.56. The molecule has 0 aromatic heterocycles. The average Bonchev–Trinajstić information content (AvgIpc) is 2.53. The van der Waals surface area contributed by atoms with Gasteiger partial charge in [0.05, 0.1) is 0 Å². The SMILES string of the molecule is O=C(O)C#Cc1ccccc1.O=C(O)CCc1ccccc1. The van der Waals surface area contributed by atoms with Gasteiger partial charge in [0.25, 0.3) is 0 Å². The zero-order valence-electron chi connectivity index (χ0n) is 11.9. The van der Waals surface area contributed by atoms with Crippen LogP contribution in [-0.2, 0) is 16.0 Å². The molecule has 112 valence electrons. The first-order chi connectivity index (χ1) is 10.6. The molecule has 0 atom stereocenters. The third kappa shape index (κ3) is 8.18. The second-order valence-electron chi connectivity index (χ2n) is 4.30. The molecular weight excluding hydrogens is 280 g/mol. The van der Waals surface area contributed by atoms with Crippen molar-refractivity contribution in [1.82, 2.24) is 0 Å². The fraction of sp³-hybridized carbons (Fsp3) is 0.111. The van der Waals surface area contributed by atoms with Crippen molar-refractivity contribution in [3.05, 3.63) is 71.8 Å². The minimum absolute atomic E-state index is 0.212. The predicted molar refractivity (Wildman–Crippen MR) is 83.4 cm³/mol. The monoisotopic (exact) mass is 296 g/mol. The largest absolute Gasteiger partial charge is 0.481 e. The quantitative estimate of drug-likeness (QED) is 0.854. The zero-order chi connectivity index (χ0) is 16.2. The lowest BCUT2D eigenvalue weighted by atomic mass is 10.1. The number of hydrogen-bond acceptors (Lipinski definition) is 2. The van der Waals surface area contributed by atoms with Crippen molar-refractivity contribution in [1.29, 1.82) is 0 Å². The fourth-order valence-corrected chi connectivity index (χ4v) is 1.54. The van der Waals surface area contributed by atoms with Crippen molar-refractivity contribution < 1.29 is 19.8 Å². The Labute approximate surface area is 129 Å². The van der Waals surface area contributed by atoms with Gasteiger partial charge in [-0.1, -0.05) is 54.5 Å². The minimum atomic E-state index is -1.10. The molecule has 0 bridgehead atoms. The summed E-state index contributed by atoms with van der Waals surface area (Å²) >= 11 is 0. The summed E-state index contributed by atoms with van der Waals surface area (Å²) in [6.45, 7) is 0. The van der Waals surface area contributed by atoms with Crippen molar-refractivity contribution >= 4 is 11.9 Å². The standard InChI is InChI=1S/C9H10O2.C9H6O2/c2*10-9(11)7-6-8-4-2-1-3-5-8/h1-5H,6-7H2,(H,10,11);1-5H,(H,10,11). The second-order valence-corrected chi connectivity index (χ2v) is 4.30. The van der Waals surface area contributed by atoms with E-state index in [0.29, 0.717) is 6.42 Å². The smallest absolute Gasteiger partial charge is 0.382 e. The normalized spacial score (nSPS) is 8.73. The summed E-state index contributed by atoms with van der Waals surface area (Å²) in [6, 6.07) is 18.6. The van der Waals surface area contributed by atoms with Gasteiger partial charge in [0.1, 0.15) is 0 Å². The molecular formula is C18H16O4. The number of rotatable bonds is 3. The molecule has 0 spiro atoms. The summed E-state index contributed by atoms with van der Waals surface area (Å²) in [5.41, 5.74) is 1.80. The summed E-state index contributed by atoms with van der Waals surface area (Å²) in [6.07, 6.45) is 0.834. The maximum atomic E-state index is 10.2. The Morgan fingerprint density at radius 3 is 1.91 bits per heavy atom. The first-order valence-electron chi connectivity index (χ1n) is 6.63. The molecule has 0 fully saturated rings. The number of aryl methyl sites for hydroxylation is 1. The van der Waals surface area contributed by atoms with Crippen LogP contribution in [0.5, 0.6) is 0 Å². The third-order valence-corrected chi connectivity index (χ3v) is 2.56. The van der Waals surface area contributed by atoms with Gasteiger partial charge in [0.15, 0.2) is 0 Å². The molecule has 0 aliphatic heterocycles. The van der Waals surface area contributed by atoms with Crippen LogP contribution in [0, 0.1) is 11.8 Å². The van der Waals surface area contributed by atoms with Crippen molar-refractivity contribution in [2.24, 2.45) is 0 Å². The highest BCUT2D eigenvalue weighted by molar-refractivity contribution is 5.87. The van der Waals surface area contributed by atoms with Crippen LogP contribution in [0.1, 0.15) is 17.5 Å². The van der Waals surface area contributed by atoms with Crippen LogP contribution in [0.15, 0.2) is 60.7 Å². The Morgan fingerprint density at radius 1 is 0.864 bits per heavy atom. The highest BCUT2D eigenvalue weighted by atomic mass is 16.4. The van der Waals surface area contributed by atoms with E-state index in [-0.39, 0.29) is 6.42 Å². The van der Waals surface area contributed by atoms with Crippen LogP contribution in [0.3, 0.4) is 0 Å². The Morgan fingerprint density at radius 2 is 1.41 bits per heavy atom. The van der Waals surface area contributed by atoms with E-state index in [9.17, 15) is 9.59 Å². The summed E-state index contributed by atoms with van der Waals surface area (Å²) in [5, 5.41) is 16.6. The number of aliphatic carboxylic acids is 2. The molecule has 2 rings (SSSR count). The van der Waals surface area contributed by atoms with Crippen LogP contribution in [0.25, 0.3) is 0 Å². The molecule has 2 aromatic rings. The van der Waals surface area contributed by atoms with E-state index >= 15 is 0 Å². The molecule has 22 heavy (non-hydrogen) atoms. The van der Waals surface area contributed by atoms with Gasteiger partial charge >= 0.3 is 11.9 Å². The second kappa shape index (κ2) is 9.78. The Hall–Kier alpha value is -3.06. The van der Waals surface area contributed by atoms with Crippen LogP contribution in [0.4, 0.5) is 0 Å². The van der Waals surface area contributed by atoms with E-state index in [4.69, 9.17) is 10.2 Å². The average molecular weight is 296 g/mol. The Kier molecular flexibility index (Phi) is 7.56. The zero-order valence-corrected chi connectivity index (χ0v) is 11.9. The molecule has 2 aromatic carbocycles. The first kappa shape index (κ1) is 17.0. The molecule has 0 saturated heterocycles. The highest BCUT2D eigenvalue weighted by Gasteiger charge is 1.96. The fourth-order valence-electron chi connectivity index (χ4n) is 1.54. The minimum Gasteiger partial charge on any atom is -0.481 e. The summed E-state index contributed by atoms with van der Waals surface area (Å²) in [5.74, 6) is 2.68. The maximum Gasteiger partial charge on any atom is 0.382 e. The number of benzene rings is 2. The number of carbonyl (C=O) groups is 2. The molecule has 4 heteroatoms. The Balaban J connectivity index is 0.000000220. The van der Waals surface area contributed by atoms with Crippen molar-refractivity contribution in [2.75, 3.05) is 0 Å². The molecule has 2 N–H and O–H groups in total. The van der Waals surface area contributed by atoms with Gasteiger partial charge in [-0.25, -0.2) is 4.79 Å². The van der Waals surface area contributed by atoms with Gasteiger partial charge in [0, 0.05) is 17.9 Å². The van der Waals surface area contributed by atoms with Gasteiger partial charge in [-0.05, 0) is 24.1 Å². The predicted octanol–water partition coefficient (Wildman–Crippen LogP) is 2.83. The lowest BCUT2D eigenvalue weighted by Gasteiger charge is -1.95. The van der Waals surface area contributed by atoms with Crippen molar-refractivity contribution in [3.8, 4) is 11.8 Å². The maximum absolute atomic E-state index is 10.2. The lowest BCUT2D eigenvalue weighted by Crippen LogP contribution is -1.96. The van der Waals surface area contributed by atoms with Gasteiger partial charge < -0.3 is 10.2 Å². The lowest BCUT2D eigenvalue weighted by molar-refractivity contribution is -0.137. The summed E-state index contributed by atoms with van der Waals surface area (Å²) in [4.78, 5) is 20.2. The van der Waals surface area contributed by atoms with Crippen LogP contribution in [0.2, 0.25) is 0 Å². The molecule has 0 aliphatic rings. The molecule has 0 saturated carbocycles. The van der Waals surface area contributed by atoms with Crippen LogP contribution < -0.4 is 0 Å². The molecule has 0 heterocycles.